The van der Waals surface area contributed by atoms with Gasteiger partial charge in [0.25, 0.3) is 15.9 Å². The zero-order valence-electron chi connectivity index (χ0n) is 15.4. The highest BCUT2D eigenvalue weighted by atomic mass is 32.2. The Morgan fingerprint density at radius 3 is 2.36 bits per heavy atom. The van der Waals surface area contributed by atoms with Crippen molar-refractivity contribution in [3.63, 3.8) is 0 Å². The van der Waals surface area contributed by atoms with Gasteiger partial charge < -0.3 is 5.32 Å². The van der Waals surface area contributed by atoms with Crippen molar-refractivity contribution in [3.8, 4) is 0 Å². The third-order valence-electron chi connectivity index (χ3n) is 4.64. The lowest BCUT2D eigenvalue weighted by atomic mass is 9.97. The maximum absolute atomic E-state index is 12.9. The van der Waals surface area contributed by atoms with Gasteiger partial charge in [-0.3, -0.25) is 9.52 Å². The van der Waals surface area contributed by atoms with Crippen LogP contribution in [0.4, 0.5) is 10.1 Å². The van der Waals surface area contributed by atoms with Gasteiger partial charge in [0.2, 0.25) is 0 Å². The third-order valence-corrected chi connectivity index (χ3v) is 6.04. The molecule has 1 amide bonds. The maximum atomic E-state index is 12.9. The lowest BCUT2D eigenvalue weighted by Gasteiger charge is -2.13. The standard InChI is InChI=1S/C21H23FN2O3S/c22-18-8-10-19(11-9-18)24-28(26,27)20-12-6-17(7-13-20)21(25)23-15-14-16-4-2-1-3-5-16/h4,6-13,24H,1-3,5,14-15H2,(H,23,25). The van der Waals surface area contributed by atoms with Crippen LogP contribution in [0.1, 0.15) is 42.5 Å². The molecule has 5 nitrogen and oxygen atoms in total. The van der Waals surface area contributed by atoms with Crippen LogP contribution < -0.4 is 10.0 Å². The summed E-state index contributed by atoms with van der Waals surface area (Å²) in [6.45, 7) is 0.566. The fourth-order valence-corrected chi connectivity index (χ4v) is 4.15. The normalized spacial score (nSPS) is 14.2. The first-order chi connectivity index (χ1) is 13.4. The summed E-state index contributed by atoms with van der Waals surface area (Å²) >= 11 is 0. The second kappa shape index (κ2) is 9.01. The lowest BCUT2D eigenvalue weighted by Crippen LogP contribution is -2.25. The van der Waals surface area contributed by atoms with Crippen LogP contribution in [0.3, 0.4) is 0 Å². The molecule has 0 bridgehead atoms. The molecule has 0 fully saturated rings. The van der Waals surface area contributed by atoms with Gasteiger partial charge in [0.15, 0.2) is 0 Å². The quantitative estimate of drug-likeness (QED) is 0.680. The number of benzene rings is 2. The summed E-state index contributed by atoms with van der Waals surface area (Å²) in [5.41, 5.74) is 2.05. The first kappa shape index (κ1) is 20.1. The zero-order chi connectivity index (χ0) is 20.0. The number of nitrogens with one attached hydrogen (secondary N) is 2. The van der Waals surface area contributed by atoms with Crippen molar-refractivity contribution in [1.29, 1.82) is 0 Å². The zero-order valence-corrected chi connectivity index (χ0v) is 16.3. The number of allylic oxidation sites excluding steroid dienone is 1. The Morgan fingerprint density at radius 1 is 1.00 bits per heavy atom. The molecule has 0 aliphatic heterocycles. The molecule has 28 heavy (non-hydrogen) atoms. The lowest BCUT2D eigenvalue weighted by molar-refractivity contribution is 0.0954. The first-order valence-electron chi connectivity index (χ1n) is 9.29. The molecule has 1 aliphatic carbocycles. The number of carbonyl (C=O) groups excluding carboxylic acids is 1. The van der Waals surface area contributed by atoms with Gasteiger partial charge in [-0.05, 0) is 80.6 Å². The Kier molecular flexibility index (Phi) is 6.46. The molecule has 0 saturated carbocycles. The molecule has 0 radical (unpaired) electrons. The summed E-state index contributed by atoms with van der Waals surface area (Å²) in [6.07, 6.45) is 7.76. The van der Waals surface area contributed by atoms with Crippen LogP contribution in [-0.4, -0.2) is 20.9 Å². The molecule has 0 unspecified atom stereocenters. The molecular formula is C21H23FN2O3S. The number of carbonyl (C=O) groups is 1. The number of rotatable bonds is 7. The van der Waals surface area contributed by atoms with Crippen molar-refractivity contribution in [1.82, 2.24) is 5.32 Å². The minimum absolute atomic E-state index is 0.0285. The molecule has 0 heterocycles. The van der Waals surface area contributed by atoms with Gasteiger partial charge in [-0.2, -0.15) is 0 Å². The van der Waals surface area contributed by atoms with Gasteiger partial charge in [0.1, 0.15) is 5.82 Å². The minimum Gasteiger partial charge on any atom is -0.352 e. The Hall–Kier alpha value is -2.67. The molecule has 2 N–H and O–H groups in total. The average Bonchev–Trinajstić information content (AvgIpc) is 2.70. The van der Waals surface area contributed by atoms with Crippen molar-refractivity contribution in [2.45, 2.75) is 37.0 Å². The maximum Gasteiger partial charge on any atom is 0.261 e. The summed E-state index contributed by atoms with van der Waals surface area (Å²) in [5.74, 6) is -0.676. The van der Waals surface area contributed by atoms with Gasteiger partial charge in [0, 0.05) is 17.8 Å². The fourth-order valence-electron chi connectivity index (χ4n) is 3.09. The minimum atomic E-state index is -3.81. The Labute approximate surface area is 164 Å². The molecule has 148 valence electrons. The number of hydrogen-bond donors (Lipinski definition) is 2. The summed E-state index contributed by atoms with van der Waals surface area (Å²) in [6, 6.07) is 10.8. The Balaban J connectivity index is 1.57. The monoisotopic (exact) mass is 402 g/mol. The van der Waals surface area contributed by atoms with E-state index in [1.807, 2.05) is 0 Å². The van der Waals surface area contributed by atoms with Gasteiger partial charge in [-0.1, -0.05) is 11.6 Å². The predicted octanol–water partition coefficient (Wildman–Crippen LogP) is 4.25. The van der Waals surface area contributed by atoms with Crippen molar-refractivity contribution in [2.75, 3.05) is 11.3 Å². The Bertz CT molecular complexity index is 952. The van der Waals surface area contributed by atoms with Gasteiger partial charge in [-0.25, -0.2) is 12.8 Å². The summed E-state index contributed by atoms with van der Waals surface area (Å²) in [5, 5.41) is 2.87. The number of hydrogen-bond acceptors (Lipinski definition) is 3. The van der Waals surface area contributed by atoms with E-state index in [0.29, 0.717) is 12.1 Å². The van der Waals surface area contributed by atoms with Crippen LogP contribution >= 0.6 is 0 Å². The van der Waals surface area contributed by atoms with E-state index in [1.54, 1.807) is 0 Å². The van der Waals surface area contributed by atoms with Crippen molar-refractivity contribution in [2.24, 2.45) is 0 Å². The van der Waals surface area contributed by atoms with E-state index in [1.165, 1.54) is 66.9 Å². The molecule has 2 aromatic carbocycles. The van der Waals surface area contributed by atoms with Crippen LogP contribution in [0.2, 0.25) is 0 Å². The molecule has 1 aliphatic rings. The van der Waals surface area contributed by atoms with E-state index in [0.717, 1.165) is 19.3 Å². The highest BCUT2D eigenvalue weighted by molar-refractivity contribution is 7.92. The van der Waals surface area contributed by atoms with Gasteiger partial charge >= 0.3 is 0 Å². The molecule has 0 atom stereocenters. The van der Waals surface area contributed by atoms with Gasteiger partial charge in [0.05, 0.1) is 4.90 Å². The summed E-state index contributed by atoms with van der Waals surface area (Å²) in [7, 11) is -3.81. The number of halogens is 1. The molecule has 0 spiro atoms. The van der Waals surface area contributed by atoms with Crippen LogP contribution in [0, 0.1) is 5.82 Å². The molecule has 0 aromatic heterocycles. The second-order valence-corrected chi connectivity index (χ2v) is 8.43. The number of sulfonamides is 1. The van der Waals surface area contributed by atoms with Crippen LogP contribution in [0.15, 0.2) is 65.1 Å². The molecule has 2 aromatic rings. The van der Waals surface area contributed by atoms with Crippen molar-refractivity contribution >= 4 is 21.6 Å². The van der Waals surface area contributed by atoms with E-state index >= 15 is 0 Å². The van der Waals surface area contributed by atoms with Crippen molar-refractivity contribution in [3.05, 3.63) is 71.6 Å². The SMILES string of the molecule is O=C(NCCC1=CCCCC1)c1ccc(S(=O)(=O)Nc2ccc(F)cc2)cc1. The van der Waals surface area contributed by atoms with Crippen LogP contribution in [-0.2, 0) is 10.0 Å². The molecule has 7 heteroatoms. The average molecular weight is 402 g/mol. The number of amides is 1. The molecule has 0 saturated heterocycles. The fraction of sp³-hybridized carbons (Fsp3) is 0.286. The highest BCUT2D eigenvalue weighted by Gasteiger charge is 2.15. The van der Waals surface area contributed by atoms with E-state index in [9.17, 15) is 17.6 Å². The number of anilines is 1. The van der Waals surface area contributed by atoms with E-state index in [-0.39, 0.29) is 16.5 Å². The smallest absolute Gasteiger partial charge is 0.261 e. The van der Waals surface area contributed by atoms with E-state index in [4.69, 9.17) is 0 Å². The third kappa shape index (κ3) is 5.42. The molecule has 3 rings (SSSR count). The van der Waals surface area contributed by atoms with Crippen molar-refractivity contribution < 1.29 is 17.6 Å². The topological polar surface area (TPSA) is 75.3 Å². The first-order valence-corrected chi connectivity index (χ1v) is 10.8. The second-order valence-electron chi connectivity index (χ2n) is 6.75. The van der Waals surface area contributed by atoms with E-state index < -0.39 is 15.8 Å². The van der Waals surface area contributed by atoms with E-state index in [2.05, 4.69) is 16.1 Å². The summed E-state index contributed by atoms with van der Waals surface area (Å²) < 4.78 is 40.1. The predicted molar refractivity (Wildman–Crippen MR) is 107 cm³/mol. The van der Waals surface area contributed by atoms with Crippen LogP contribution in [0.5, 0.6) is 0 Å². The highest BCUT2D eigenvalue weighted by Crippen LogP contribution is 2.20. The van der Waals surface area contributed by atoms with Crippen LogP contribution in [0.25, 0.3) is 0 Å². The molecular weight excluding hydrogens is 379 g/mol. The summed E-state index contributed by atoms with van der Waals surface area (Å²) in [4.78, 5) is 12.3. The Morgan fingerprint density at radius 2 is 1.71 bits per heavy atom. The van der Waals surface area contributed by atoms with Gasteiger partial charge in [-0.15, -0.1) is 0 Å². The largest absolute Gasteiger partial charge is 0.352 e.